The third-order valence-corrected chi connectivity index (χ3v) is 2.62. The van der Waals surface area contributed by atoms with Gasteiger partial charge in [-0.3, -0.25) is 10.1 Å². The molecule has 0 spiro atoms. The van der Waals surface area contributed by atoms with Gasteiger partial charge >= 0.3 is 0 Å². The van der Waals surface area contributed by atoms with Crippen LogP contribution < -0.4 is 0 Å². The van der Waals surface area contributed by atoms with E-state index < -0.39 is 4.92 Å². The van der Waals surface area contributed by atoms with Crippen LogP contribution in [0.4, 0.5) is 5.69 Å². The largest absolute Gasteiger partial charge is 0.501 e. The molecule has 4 heteroatoms. The van der Waals surface area contributed by atoms with Gasteiger partial charge < -0.3 is 4.74 Å². The zero-order valence-electron chi connectivity index (χ0n) is 10.3. The second kappa shape index (κ2) is 5.82. The lowest BCUT2D eigenvalue weighted by molar-refractivity contribution is -0.384. The van der Waals surface area contributed by atoms with Crippen LogP contribution in [-0.4, -0.2) is 12.0 Å². The van der Waals surface area contributed by atoms with Crippen molar-refractivity contribution in [3.8, 4) is 0 Å². The third-order valence-electron chi connectivity index (χ3n) is 2.62. The highest BCUT2D eigenvalue weighted by Gasteiger charge is 2.14. The second-order valence-electron chi connectivity index (χ2n) is 3.69. The fourth-order valence-electron chi connectivity index (χ4n) is 1.64. The average molecular weight is 245 g/mol. The van der Waals surface area contributed by atoms with Crippen LogP contribution in [0.3, 0.4) is 0 Å². The molecule has 0 fully saturated rings. The van der Waals surface area contributed by atoms with Crippen LogP contribution in [0.15, 0.2) is 37.6 Å². The summed E-state index contributed by atoms with van der Waals surface area (Å²) in [6.07, 6.45) is 3.63. The molecular weight excluding hydrogens is 230 g/mol. The molecule has 18 heavy (non-hydrogen) atoms. The van der Waals surface area contributed by atoms with Gasteiger partial charge in [0.25, 0.3) is 5.69 Å². The topological polar surface area (TPSA) is 52.4 Å². The molecule has 0 radical (unpaired) electrons. The van der Waals surface area contributed by atoms with Crippen molar-refractivity contribution in [2.75, 3.05) is 7.11 Å². The minimum absolute atomic E-state index is 0.0200. The van der Waals surface area contributed by atoms with Crippen LogP contribution in [0, 0.1) is 10.1 Å². The Hall–Kier alpha value is -2.36. The number of non-ortho nitro benzene ring substituents is 1. The summed E-state index contributed by atoms with van der Waals surface area (Å²) >= 11 is 0. The number of hydrogen-bond acceptors (Lipinski definition) is 3. The second-order valence-corrected chi connectivity index (χ2v) is 3.69. The van der Waals surface area contributed by atoms with Crippen molar-refractivity contribution in [2.45, 2.75) is 6.42 Å². The molecule has 0 aliphatic heterocycles. The standard InChI is InChI=1S/C14H15NO3/c1-5-11-8-13(15(16)17)9-12(6-2)14(11)7-10(3)18-4/h5-6,8-9H,1-3,7H2,4H3. The lowest BCUT2D eigenvalue weighted by Gasteiger charge is -2.11. The molecule has 0 atom stereocenters. The smallest absolute Gasteiger partial charge is 0.270 e. The molecule has 0 bridgehead atoms. The summed E-state index contributed by atoms with van der Waals surface area (Å²) in [5.41, 5.74) is 2.28. The van der Waals surface area contributed by atoms with E-state index in [1.807, 2.05) is 0 Å². The Morgan fingerprint density at radius 2 is 1.89 bits per heavy atom. The predicted molar refractivity (Wildman–Crippen MR) is 73.1 cm³/mol. The molecule has 0 heterocycles. The molecule has 0 saturated carbocycles. The molecule has 1 aromatic rings. The number of ether oxygens (including phenoxy) is 1. The highest BCUT2D eigenvalue weighted by atomic mass is 16.6. The average Bonchev–Trinajstić information content (AvgIpc) is 2.38. The van der Waals surface area contributed by atoms with E-state index in [9.17, 15) is 10.1 Å². The molecule has 0 saturated heterocycles. The van der Waals surface area contributed by atoms with E-state index in [0.29, 0.717) is 23.3 Å². The highest BCUT2D eigenvalue weighted by Crippen LogP contribution is 2.26. The lowest BCUT2D eigenvalue weighted by Crippen LogP contribution is -2.00. The quantitative estimate of drug-likeness (QED) is 0.437. The van der Waals surface area contributed by atoms with Crippen LogP contribution >= 0.6 is 0 Å². The van der Waals surface area contributed by atoms with Crippen LogP contribution in [0.25, 0.3) is 12.2 Å². The van der Waals surface area contributed by atoms with E-state index in [-0.39, 0.29) is 5.69 Å². The molecule has 0 N–H and O–H groups in total. The molecule has 94 valence electrons. The molecule has 1 rings (SSSR count). The zero-order chi connectivity index (χ0) is 13.7. The molecule has 0 unspecified atom stereocenters. The maximum atomic E-state index is 10.8. The van der Waals surface area contributed by atoms with Gasteiger partial charge in [-0.1, -0.05) is 31.9 Å². The molecule has 0 aliphatic rings. The number of benzene rings is 1. The monoisotopic (exact) mass is 245 g/mol. The number of methoxy groups -OCH3 is 1. The predicted octanol–water partition coefficient (Wildman–Crippen LogP) is 3.58. The SMILES string of the molecule is C=Cc1cc([N+](=O)[O-])cc(C=C)c1CC(=C)OC. The highest BCUT2D eigenvalue weighted by molar-refractivity contribution is 5.67. The summed E-state index contributed by atoms with van der Waals surface area (Å²) < 4.78 is 5.03. The lowest BCUT2D eigenvalue weighted by atomic mass is 9.96. The Bertz CT molecular complexity index is 489. The van der Waals surface area contributed by atoms with E-state index in [2.05, 4.69) is 19.7 Å². The maximum Gasteiger partial charge on any atom is 0.270 e. The van der Waals surface area contributed by atoms with E-state index in [1.54, 1.807) is 12.2 Å². The number of nitrogens with zero attached hydrogens (tertiary/aromatic N) is 1. The zero-order valence-corrected chi connectivity index (χ0v) is 10.3. The van der Waals surface area contributed by atoms with Gasteiger partial charge in [0.2, 0.25) is 0 Å². The van der Waals surface area contributed by atoms with Crippen LogP contribution in [-0.2, 0) is 11.2 Å². The summed E-state index contributed by atoms with van der Waals surface area (Å²) in [4.78, 5) is 10.4. The van der Waals surface area contributed by atoms with Crippen molar-refractivity contribution >= 4 is 17.8 Å². The van der Waals surface area contributed by atoms with Gasteiger partial charge in [0.05, 0.1) is 17.8 Å². The van der Waals surface area contributed by atoms with Crippen LogP contribution in [0.1, 0.15) is 16.7 Å². The first-order chi connectivity index (χ1) is 8.53. The number of nitro benzene ring substituents is 1. The summed E-state index contributed by atoms with van der Waals surface area (Å²) in [7, 11) is 1.54. The number of allylic oxidation sites excluding steroid dienone is 1. The van der Waals surface area contributed by atoms with E-state index in [1.165, 1.54) is 19.2 Å². The normalized spacial score (nSPS) is 9.61. The van der Waals surface area contributed by atoms with Crippen LogP contribution in [0.2, 0.25) is 0 Å². The summed E-state index contributed by atoms with van der Waals surface area (Å²) in [6.45, 7) is 11.1. The Kier molecular flexibility index (Phi) is 4.43. The Labute approximate surface area is 106 Å². The first kappa shape index (κ1) is 13.7. The fraction of sp³-hybridized carbons (Fsp3) is 0.143. The molecule has 0 aromatic heterocycles. The number of hydrogen-bond donors (Lipinski definition) is 0. The molecule has 4 nitrogen and oxygen atoms in total. The molecule has 0 aliphatic carbocycles. The van der Waals surface area contributed by atoms with Gasteiger partial charge in [-0.15, -0.1) is 0 Å². The number of nitro groups is 1. The maximum absolute atomic E-state index is 10.8. The van der Waals surface area contributed by atoms with Gasteiger partial charge in [-0.25, -0.2) is 0 Å². The first-order valence-electron chi connectivity index (χ1n) is 5.31. The third kappa shape index (κ3) is 2.85. The summed E-state index contributed by atoms with van der Waals surface area (Å²) in [6, 6.07) is 2.97. The van der Waals surface area contributed by atoms with Crippen molar-refractivity contribution in [2.24, 2.45) is 0 Å². The van der Waals surface area contributed by atoms with Crippen molar-refractivity contribution in [1.29, 1.82) is 0 Å². The van der Waals surface area contributed by atoms with Gasteiger partial charge in [0, 0.05) is 18.6 Å². The minimum atomic E-state index is -0.436. The van der Waals surface area contributed by atoms with E-state index >= 15 is 0 Å². The van der Waals surface area contributed by atoms with Gasteiger partial charge in [-0.2, -0.15) is 0 Å². The fourth-order valence-corrected chi connectivity index (χ4v) is 1.64. The van der Waals surface area contributed by atoms with Crippen LogP contribution in [0.5, 0.6) is 0 Å². The van der Waals surface area contributed by atoms with Crippen molar-refractivity contribution in [1.82, 2.24) is 0 Å². The minimum Gasteiger partial charge on any atom is -0.501 e. The molecule has 1 aromatic carbocycles. The van der Waals surface area contributed by atoms with Gasteiger partial charge in [0.15, 0.2) is 0 Å². The van der Waals surface area contributed by atoms with Gasteiger partial charge in [-0.05, 0) is 16.7 Å². The summed E-state index contributed by atoms with van der Waals surface area (Å²) in [5, 5.41) is 10.8. The Morgan fingerprint density at radius 1 is 1.39 bits per heavy atom. The first-order valence-corrected chi connectivity index (χ1v) is 5.31. The van der Waals surface area contributed by atoms with E-state index in [4.69, 9.17) is 4.74 Å². The van der Waals surface area contributed by atoms with E-state index in [0.717, 1.165) is 5.56 Å². The van der Waals surface area contributed by atoms with Crippen molar-refractivity contribution < 1.29 is 9.66 Å². The Morgan fingerprint density at radius 3 is 2.22 bits per heavy atom. The molecule has 0 amide bonds. The number of rotatable bonds is 6. The van der Waals surface area contributed by atoms with Crippen molar-refractivity contribution in [3.05, 3.63) is 64.4 Å². The Balaban J connectivity index is 3.38. The van der Waals surface area contributed by atoms with Crippen molar-refractivity contribution in [3.63, 3.8) is 0 Å². The van der Waals surface area contributed by atoms with Gasteiger partial charge in [0.1, 0.15) is 0 Å². The molecular formula is C14H15NO3. The summed E-state index contributed by atoms with van der Waals surface area (Å²) in [5.74, 6) is 0.579.